The zero-order valence-electron chi connectivity index (χ0n) is 12.8. The summed E-state index contributed by atoms with van der Waals surface area (Å²) in [6, 6.07) is 10.3. The normalized spacial score (nSPS) is 12.1. The van der Waals surface area contributed by atoms with E-state index in [1.54, 1.807) is 24.0 Å². The summed E-state index contributed by atoms with van der Waals surface area (Å²) in [6.07, 6.45) is 2.84. The molecule has 0 aliphatic rings. The van der Waals surface area contributed by atoms with Crippen molar-refractivity contribution >= 4 is 5.91 Å². The monoisotopic (exact) mass is 286 g/mol. The lowest BCUT2D eigenvalue weighted by Gasteiger charge is -2.16. The molecular weight excluding hydrogens is 264 g/mol. The highest BCUT2D eigenvalue weighted by atomic mass is 16.1. The van der Waals surface area contributed by atoms with E-state index in [0.29, 0.717) is 11.7 Å². The van der Waals surface area contributed by atoms with Crippen molar-refractivity contribution in [2.75, 3.05) is 13.6 Å². The summed E-state index contributed by atoms with van der Waals surface area (Å²) in [5.74, 6) is -0.177. The molecule has 1 atom stereocenters. The third-order valence-corrected chi connectivity index (χ3v) is 3.47. The summed E-state index contributed by atoms with van der Waals surface area (Å²) >= 11 is 0. The number of carbonyl (C=O) groups excluding carboxylic acids is 1. The second-order valence-corrected chi connectivity index (χ2v) is 4.83. The molecule has 0 aliphatic heterocycles. The topological polar surface area (TPSA) is 59.0 Å². The van der Waals surface area contributed by atoms with Crippen molar-refractivity contribution in [3.05, 3.63) is 47.8 Å². The number of amides is 1. The molecule has 21 heavy (non-hydrogen) atoms. The van der Waals surface area contributed by atoms with Gasteiger partial charge in [-0.1, -0.05) is 26.0 Å². The first kappa shape index (κ1) is 15.3. The number of nitrogens with zero attached hydrogens (tertiary/aromatic N) is 2. The Labute approximate surface area is 125 Å². The highest BCUT2D eigenvalue weighted by Gasteiger charge is 2.10. The molecule has 112 valence electrons. The minimum atomic E-state index is -0.177. The van der Waals surface area contributed by atoms with E-state index in [2.05, 4.69) is 41.7 Å². The van der Waals surface area contributed by atoms with Crippen LogP contribution in [0.5, 0.6) is 0 Å². The highest BCUT2D eigenvalue weighted by Crippen LogP contribution is 2.18. The van der Waals surface area contributed by atoms with Crippen molar-refractivity contribution in [2.24, 2.45) is 0 Å². The summed E-state index contributed by atoms with van der Waals surface area (Å²) in [5, 5.41) is 10.3. The molecule has 2 N–H and O–H groups in total. The Kier molecular flexibility index (Phi) is 5.11. The van der Waals surface area contributed by atoms with Gasteiger partial charge in [0.1, 0.15) is 0 Å². The lowest BCUT2D eigenvalue weighted by molar-refractivity contribution is 0.0957. The van der Waals surface area contributed by atoms with Crippen LogP contribution in [0.15, 0.2) is 36.5 Å². The molecule has 0 spiro atoms. The maximum absolute atomic E-state index is 11.5. The molecule has 2 aromatic rings. The Morgan fingerprint density at radius 3 is 2.52 bits per heavy atom. The quantitative estimate of drug-likeness (QED) is 0.856. The average Bonchev–Trinajstić information content (AvgIpc) is 3.02. The summed E-state index contributed by atoms with van der Waals surface area (Å²) in [7, 11) is 1.60. The number of rotatable bonds is 6. The van der Waals surface area contributed by atoms with Gasteiger partial charge in [0.15, 0.2) is 5.69 Å². The Morgan fingerprint density at radius 1 is 1.24 bits per heavy atom. The van der Waals surface area contributed by atoms with Crippen LogP contribution in [0.25, 0.3) is 5.69 Å². The van der Waals surface area contributed by atoms with Crippen LogP contribution < -0.4 is 10.6 Å². The van der Waals surface area contributed by atoms with E-state index >= 15 is 0 Å². The van der Waals surface area contributed by atoms with E-state index in [0.717, 1.165) is 18.7 Å². The van der Waals surface area contributed by atoms with Crippen molar-refractivity contribution in [1.29, 1.82) is 0 Å². The standard InChI is InChI=1S/C16H22N4O/c1-4-14(18-5-2)12-6-8-13(9-7-12)20-11-10-15(19-20)16(21)17-3/h6-11,14,18H,4-5H2,1-3H3,(H,17,21). The van der Waals surface area contributed by atoms with E-state index in [1.165, 1.54) is 5.56 Å². The van der Waals surface area contributed by atoms with E-state index in [9.17, 15) is 4.79 Å². The number of aromatic nitrogens is 2. The zero-order valence-corrected chi connectivity index (χ0v) is 12.8. The van der Waals surface area contributed by atoms with Gasteiger partial charge < -0.3 is 10.6 Å². The smallest absolute Gasteiger partial charge is 0.271 e. The van der Waals surface area contributed by atoms with Crippen molar-refractivity contribution in [1.82, 2.24) is 20.4 Å². The first-order valence-electron chi connectivity index (χ1n) is 7.31. The van der Waals surface area contributed by atoms with E-state index in [4.69, 9.17) is 0 Å². The summed E-state index contributed by atoms with van der Waals surface area (Å²) < 4.78 is 1.71. The molecule has 1 heterocycles. The fourth-order valence-corrected chi connectivity index (χ4v) is 2.32. The lowest BCUT2D eigenvalue weighted by Crippen LogP contribution is -2.20. The van der Waals surface area contributed by atoms with Gasteiger partial charge in [-0.3, -0.25) is 4.79 Å². The number of hydrogen-bond donors (Lipinski definition) is 2. The van der Waals surface area contributed by atoms with E-state index in [1.807, 2.05) is 12.1 Å². The molecule has 0 fully saturated rings. The first-order chi connectivity index (χ1) is 10.2. The lowest BCUT2D eigenvalue weighted by atomic mass is 10.0. The molecule has 0 saturated carbocycles. The van der Waals surface area contributed by atoms with Gasteiger partial charge in [-0.05, 0) is 36.7 Å². The Hall–Kier alpha value is -2.14. The Balaban J connectivity index is 2.18. The van der Waals surface area contributed by atoms with Gasteiger partial charge in [0, 0.05) is 19.3 Å². The fourth-order valence-electron chi connectivity index (χ4n) is 2.32. The SMILES string of the molecule is CCNC(CC)c1ccc(-n2ccc(C(=O)NC)n2)cc1. The van der Waals surface area contributed by atoms with Gasteiger partial charge in [-0.25, -0.2) is 4.68 Å². The van der Waals surface area contributed by atoms with Crippen LogP contribution in [-0.2, 0) is 0 Å². The minimum Gasteiger partial charge on any atom is -0.354 e. The second-order valence-electron chi connectivity index (χ2n) is 4.83. The van der Waals surface area contributed by atoms with Crippen molar-refractivity contribution < 1.29 is 4.79 Å². The summed E-state index contributed by atoms with van der Waals surface area (Å²) in [5.41, 5.74) is 2.63. The molecule has 2 rings (SSSR count). The Morgan fingerprint density at radius 2 is 1.95 bits per heavy atom. The van der Waals surface area contributed by atoms with E-state index in [-0.39, 0.29) is 5.91 Å². The molecular formula is C16H22N4O. The van der Waals surface area contributed by atoms with Gasteiger partial charge in [0.2, 0.25) is 0 Å². The summed E-state index contributed by atoms with van der Waals surface area (Å²) in [6.45, 7) is 5.24. The number of hydrogen-bond acceptors (Lipinski definition) is 3. The number of benzene rings is 1. The summed E-state index contributed by atoms with van der Waals surface area (Å²) in [4.78, 5) is 11.5. The first-order valence-corrected chi connectivity index (χ1v) is 7.31. The van der Waals surface area contributed by atoms with Gasteiger partial charge >= 0.3 is 0 Å². The second kappa shape index (κ2) is 7.04. The van der Waals surface area contributed by atoms with Crippen LogP contribution in [0.1, 0.15) is 42.4 Å². The van der Waals surface area contributed by atoms with Crippen LogP contribution in [-0.4, -0.2) is 29.3 Å². The van der Waals surface area contributed by atoms with Gasteiger partial charge in [-0.2, -0.15) is 5.10 Å². The van der Waals surface area contributed by atoms with Crippen LogP contribution in [0.2, 0.25) is 0 Å². The van der Waals surface area contributed by atoms with Gasteiger partial charge in [0.25, 0.3) is 5.91 Å². The van der Waals surface area contributed by atoms with Crippen LogP contribution >= 0.6 is 0 Å². The fraction of sp³-hybridized carbons (Fsp3) is 0.375. The van der Waals surface area contributed by atoms with Gasteiger partial charge in [-0.15, -0.1) is 0 Å². The maximum Gasteiger partial charge on any atom is 0.271 e. The molecule has 5 nitrogen and oxygen atoms in total. The number of nitrogens with one attached hydrogen (secondary N) is 2. The molecule has 0 bridgehead atoms. The van der Waals surface area contributed by atoms with Crippen molar-refractivity contribution in [3.63, 3.8) is 0 Å². The van der Waals surface area contributed by atoms with Crippen LogP contribution in [0.3, 0.4) is 0 Å². The van der Waals surface area contributed by atoms with Gasteiger partial charge in [0.05, 0.1) is 5.69 Å². The molecule has 1 aromatic heterocycles. The molecule has 0 aliphatic carbocycles. The predicted molar refractivity (Wildman–Crippen MR) is 83.7 cm³/mol. The van der Waals surface area contributed by atoms with E-state index < -0.39 is 0 Å². The van der Waals surface area contributed by atoms with Crippen molar-refractivity contribution in [3.8, 4) is 5.69 Å². The highest BCUT2D eigenvalue weighted by molar-refractivity contribution is 5.91. The molecule has 5 heteroatoms. The minimum absolute atomic E-state index is 0.177. The molecule has 0 saturated heterocycles. The average molecular weight is 286 g/mol. The molecule has 1 aromatic carbocycles. The van der Waals surface area contributed by atoms with Crippen LogP contribution in [0, 0.1) is 0 Å². The number of carbonyl (C=O) groups is 1. The van der Waals surface area contributed by atoms with Crippen LogP contribution in [0.4, 0.5) is 0 Å². The van der Waals surface area contributed by atoms with Crippen molar-refractivity contribution in [2.45, 2.75) is 26.3 Å². The molecule has 1 unspecified atom stereocenters. The zero-order chi connectivity index (χ0) is 15.2. The third-order valence-electron chi connectivity index (χ3n) is 3.47. The largest absolute Gasteiger partial charge is 0.354 e. The third kappa shape index (κ3) is 3.49. The molecule has 1 amide bonds. The Bertz CT molecular complexity index is 589. The molecule has 0 radical (unpaired) electrons. The maximum atomic E-state index is 11.5. The predicted octanol–water partition coefficient (Wildman–Crippen LogP) is 2.29.